The Morgan fingerprint density at radius 3 is 1.21 bits per heavy atom. The van der Waals surface area contributed by atoms with Crippen molar-refractivity contribution in [1.82, 2.24) is 0 Å². The first-order valence-electron chi connectivity index (χ1n) is 13.1. The van der Waals surface area contributed by atoms with E-state index in [0.717, 1.165) is 25.7 Å². The van der Waals surface area contributed by atoms with Gasteiger partial charge in [0.2, 0.25) is 0 Å². The van der Waals surface area contributed by atoms with Crippen molar-refractivity contribution >= 4 is 5.97 Å². The number of unbranched alkanes of at least 4 members (excludes halogenated alkanes) is 18. The lowest BCUT2D eigenvalue weighted by Crippen LogP contribution is -2.05. The molecule has 0 spiro atoms. The molecule has 0 aromatic heterocycles. The molecule has 0 aliphatic carbocycles. The van der Waals surface area contributed by atoms with E-state index >= 15 is 0 Å². The second kappa shape index (κ2) is 23.7. The summed E-state index contributed by atoms with van der Waals surface area (Å²) in [4.78, 5) is 10.4. The van der Waals surface area contributed by atoms with Gasteiger partial charge in [0.1, 0.15) is 0 Å². The van der Waals surface area contributed by atoms with Crippen molar-refractivity contribution in [2.45, 2.75) is 161 Å². The van der Waals surface area contributed by atoms with E-state index < -0.39 is 5.97 Å². The second-order valence-electron chi connectivity index (χ2n) is 9.09. The van der Waals surface area contributed by atoms with Crippen LogP contribution in [-0.4, -0.2) is 22.3 Å². The Morgan fingerprint density at radius 1 is 0.552 bits per heavy atom. The minimum absolute atomic E-state index is 0.0520. The van der Waals surface area contributed by atoms with Crippen molar-refractivity contribution in [1.29, 1.82) is 0 Å². The number of hydrogen-bond acceptors (Lipinski definition) is 2. The van der Waals surface area contributed by atoms with Crippen molar-refractivity contribution in [2.24, 2.45) is 0 Å². The molecule has 0 aromatic carbocycles. The van der Waals surface area contributed by atoms with Crippen LogP contribution in [0.15, 0.2) is 0 Å². The van der Waals surface area contributed by atoms with Gasteiger partial charge in [-0.05, 0) is 19.3 Å². The molecule has 0 fully saturated rings. The van der Waals surface area contributed by atoms with E-state index in [9.17, 15) is 9.90 Å². The molecule has 0 amide bonds. The molecule has 0 heterocycles. The van der Waals surface area contributed by atoms with Crippen LogP contribution in [0.4, 0.5) is 0 Å². The molecule has 0 aliphatic rings. The molecule has 0 rings (SSSR count). The number of rotatable bonds is 24. The first-order valence-corrected chi connectivity index (χ1v) is 13.1. The lowest BCUT2D eigenvalue weighted by atomic mass is 10.0. The van der Waals surface area contributed by atoms with Gasteiger partial charge in [0.05, 0.1) is 6.10 Å². The average molecular weight is 413 g/mol. The summed E-state index contributed by atoms with van der Waals surface area (Å²) in [6, 6.07) is 0. The quantitative estimate of drug-likeness (QED) is 0.156. The van der Waals surface area contributed by atoms with Gasteiger partial charge in [0, 0.05) is 6.42 Å². The maximum absolute atomic E-state index is 10.4. The van der Waals surface area contributed by atoms with Gasteiger partial charge in [0.25, 0.3) is 0 Å². The highest BCUT2D eigenvalue weighted by Crippen LogP contribution is 2.15. The largest absolute Gasteiger partial charge is 0.481 e. The smallest absolute Gasteiger partial charge is 0.303 e. The van der Waals surface area contributed by atoms with Gasteiger partial charge >= 0.3 is 5.97 Å². The topological polar surface area (TPSA) is 57.5 Å². The SMILES string of the molecule is CCCCCCC(O)CCCCCCCCCCCCCCCCCCC(=O)O. The fourth-order valence-electron chi connectivity index (χ4n) is 4.08. The number of carboxylic acids is 1. The van der Waals surface area contributed by atoms with Crippen molar-refractivity contribution in [3.05, 3.63) is 0 Å². The molecule has 2 N–H and O–H groups in total. The third-order valence-electron chi connectivity index (χ3n) is 6.07. The molecule has 0 bridgehead atoms. The van der Waals surface area contributed by atoms with Crippen molar-refractivity contribution in [2.75, 3.05) is 0 Å². The Morgan fingerprint density at radius 2 is 0.862 bits per heavy atom. The number of carboxylic acid groups (broad SMARTS) is 1. The summed E-state index contributed by atoms with van der Waals surface area (Å²) in [6.07, 6.45) is 28.0. The highest BCUT2D eigenvalue weighted by atomic mass is 16.4. The predicted molar refractivity (Wildman–Crippen MR) is 126 cm³/mol. The molecule has 1 atom stereocenters. The van der Waals surface area contributed by atoms with E-state index in [2.05, 4.69) is 6.92 Å². The van der Waals surface area contributed by atoms with E-state index in [0.29, 0.717) is 6.42 Å². The van der Waals surface area contributed by atoms with Gasteiger partial charge in [-0.25, -0.2) is 0 Å². The third-order valence-corrected chi connectivity index (χ3v) is 6.07. The summed E-state index contributed by atoms with van der Waals surface area (Å²) in [6.45, 7) is 2.23. The zero-order valence-corrected chi connectivity index (χ0v) is 19.6. The Balaban J connectivity index is 3.09. The Labute approximate surface area is 182 Å². The van der Waals surface area contributed by atoms with E-state index in [1.165, 1.54) is 116 Å². The summed E-state index contributed by atoms with van der Waals surface area (Å²) in [5.74, 6) is -0.659. The first kappa shape index (κ1) is 28.4. The van der Waals surface area contributed by atoms with Crippen LogP contribution in [0.3, 0.4) is 0 Å². The monoisotopic (exact) mass is 412 g/mol. The molecule has 3 nitrogen and oxygen atoms in total. The zero-order valence-electron chi connectivity index (χ0n) is 19.6. The van der Waals surface area contributed by atoms with Gasteiger partial charge < -0.3 is 10.2 Å². The van der Waals surface area contributed by atoms with Crippen molar-refractivity contribution in [3.8, 4) is 0 Å². The minimum Gasteiger partial charge on any atom is -0.481 e. The van der Waals surface area contributed by atoms with Crippen LogP contribution in [-0.2, 0) is 4.79 Å². The lowest BCUT2D eigenvalue weighted by Gasteiger charge is -2.10. The molecule has 1 unspecified atom stereocenters. The lowest BCUT2D eigenvalue weighted by molar-refractivity contribution is -0.137. The fraction of sp³-hybridized carbons (Fsp3) is 0.962. The molecule has 29 heavy (non-hydrogen) atoms. The van der Waals surface area contributed by atoms with Crippen molar-refractivity contribution in [3.63, 3.8) is 0 Å². The number of aliphatic hydroxyl groups excluding tert-OH is 1. The van der Waals surface area contributed by atoms with Crippen LogP contribution < -0.4 is 0 Å². The van der Waals surface area contributed by atoms with E-state index in [1.807, 2.05) is 0 Å². The standard InChI is InChI=1S/C26H52O3/c1-2-3-4-19-22-25(27)23-20-17-15-13-11-9-7-5-6-8-10-12-14-16-18-21-24-26(28)29/h25,27H,2-24H2,1H3,(H,28,29). The number of hydrogen-bond donors (Lipinski definition) is 2. The van der Waals surface area contributed by atoms with Crippen LogP contribution in [0.1, 0.15) is 155 Å². The normalized spacial score (nSPS) is 12.3. The van der Waals surface area contributed by atoms with Crippen LogP contribution >= 0.6 is 0 Å². The summed E-state index contributed by atoms with van der Waals surface area (Å²) >= 11 is 0. The molecule has 3 heteroatoms. The Kier molecular flexibility index (Phi) is 23.2. The number of carbonyl (C=O) groups is 1. The fourth-order valence-corrected chi connectivity index (χ4v) is 4.08. The van der Waals surface area contributed by atoms with Crippen LogP contribution in [0.5, 0.6) is 0 Å². The average Bonchev–Trinajstić information content (AvgIpc) is 2.70. The molecular formula is C26H52O3. The molecule has 174 valence electrons. The molecule has 0 aromatic rings. The highest BCUT2D eigenvalue weighted by Gasteiger charge is 2.03. The van der Waals surface area contributed by atoms with E-state index in [4.69, 9.17) is 5.11 Å². The van der Waals surface area contributed by atoms with Gasteiger partial charge in [-0.15, -0.1) is 0 Å². The molecule has 0 saturated heterocycles. The molecule has 0 aliphatic heterocycles. The molecule has 0 saturated carbocycles. The van der Waals surface area contributed by atoms with E-state index in [1.54, 1.807) is 0 Å². The Hall–Kier alpha value is -0.570. The summed E-state index contributed by atoms with van der Waals surface area (Å²) < 4.78 is 0. The van der Waals surface area contributed by atoms with Crippen molar-refractivity contribution < 1.29 is 15.0 Å². The van der Waals surface area contributed by atoms with Gasteiger partial charge in [-0.3, -0.25) is 4.79 Å². The summed E-state index contributed by atoms with van der Waals surface area (Å²) in [7, 11) is 0. The second-order valence-corrected chi connectivity index (χ2v) is 9.09. The zero-order chi connectivity index (χ0) is 21.4. The predicted octanol–water partition coefficient (Wildman–Crippen LogP) is 8.42. The maximum atomic E-state index is 10.4. The summed E-state index contributed by atoms with van der Waals surface area (Å²) in [5.41, 5.74) is 0. The first-order chi connectivity index (χ1) is 14.2. The highest BCUT2D eigenvalue weighted by molar-refractivity contribution is 5.66. The van der Waals surface area contributed by atoms with Gasteiger partial charge in [-0.1, -0.05) is 129 Å². The Bertz CT molecular complexity index is 330. The summed E-state index contributed by atoms with van der Waals surface area (Å²) in [5, 5.41) is 18.6. The molecular weight excluding hydrogens is 360 g/mol. The minimum atomic E-state index is -0.659. The maximum Gasteiger partial charge on any atom is 0.303 e. The molecule has 0 radical (unpaired) electrons. The van der Waals surface area contributed by atoms with Crippen LogP contribution in [0.2, 0.25) is 0 Å². The van der Waals surface area contributed by atoms with Gasteiger partial charge in [-0.2, -0.15) is 0 Å². The number of aliphatic hydroxyl groups is 1. The number of aliphatic carboxylic acids is 1. The van der Waals surface area contributed by atoms with Crippen LogP contribution in [0, 0.1) is 0 Å². The third kappa shape index (κ3) is 25.4. The van der Waals surface area contributed by atoms with E-state index in [-0.39, 0.29) is 6.10 Å². The van der Waals surface area contributed by atoms with Crippen LogP contribution in [0.25, 0.3) is 0 Å². The van der Waals surface area contributed by atoms with Gasteiger partial charge in [0.15, 0.2) is 0 Å².